The third-order valence-electron chi connectivity index (χ3n) is 4.50. The predicted molar refractivity (Wildman–Crippen MR) is 104 cm³/mol. The first-order chi connectivity index (χ1) is 13.3. The minimum atomic E-state index is -0.438. The molecule has 1 N–H and O–H groups in total. The molecule has 0 atom stereocenters. The van der Waals surface area contributed by atoms with E-state index in [0.717, 1.165) is 10.9 Å². The van der Waals surface area contributed by atoms with Crippen molar-refractivity contribution in [1.29, 1.82) is 0 Å². The highest BCUT2D eigenvalue weighted by Gasteiger charge is 2.23. The standard InChI is InChI=1S/C21H19FN4O2/c1-21(2,3)20-23-19(28-26-20)15-10-12(8-9-16(15)22)11-17-13-6-4-5-7-14(13)18(27)25-24-17/h4-10H,11H2,1-3H3,(H,25,27). The van der Waals surface area contributed by atoms with Crippen LogP contribution in [-0.2, 0) is 11.8 Å². The maximum absolute atomic E-state index is 14.4. The van der Waals surface area contributed by atoms with E-state index in [9.17, 15) is 9.18 Å². The number of hydrogen-bond donors (Lipinski definition) is 1. The van der Waals surface area contributed by atoms with Crippen LogP contribution in [0.15, 0.2) is 51.8 Å². The third kappa shape index (κ3) is 3.31. The van der Waals surface area contributed by atoms with E-state index in [0.29, 0.717) is 23.3 Å². The number of benzene rings is 2. The topological polar surface area (TPSA) is 84.7 Å². The van der Waals surface area contributed by atoms with Crippen LogP contribution in [0.25, 0.3) is 22.2 Å². The molecule has 4 rings (SSSR count). The molecule has 0 radical (unpaired) electrons. The first-order valence-corrected chi connectivity index (χ1v) is 8.92. The number of aromatic amines is 1. The summed E-state index contributed by atoms with van der Waals surface area (Å²) in [5.41, 5.74) is 1.23. The predicted octanol–water partition coefficient (Wildman–Crippen LogP) is 4.00. The molecule has 4 aromatic rings. The molecule has 142 valence electrons. The Balaban J connectivity index is 1.73. The molecule has 2 heterocycles. The monoisotopic (exact) mass is 378 g/mol. The number of rotatable bonds is 3. The first-order valence-electron chi connectivity index (χ1n) is 8.92. The van der Waals surface area contributed by atoms with Gasteiger partial charge >= 0.3 is 0 Å². The van der Waals surface area contributed by atoms with Crippen molar-refractivity contribution in [2.75, 3.05) is 0 Å². The fraction of sp³-hybridized carbons (Fsp3) is 0.238. The van der Waals surface area contributed by atoms with Crippen LogP contribution in [0.2, 0.25) is 0 Å². The van der Waals surface area contributed by atoms with Crippen LogP contribution in [0.3, 0.4) is 0 Å². The molecule has 0 unspecified atom stereocenters. The lowest BCUT2D eigenvalue weighted by Crippen LogP contribution is -2.13. The van der Waals surface area contributed by atoms with Gasteiger partial charge < -0.3 is 4.52 Å². The smallest absolute Gasteiger partial charge is 0.272 e. The second kappa shape index (κ2) is 6.67. The normalized spacial score (nSPS) is 11.9. The van der Waals surface area contributed by atoms with Crippen LogP contribution in [0.1, 0.15) is 37.9 Å². The number of fused-ring (bicyclic) bond motifs is 1. The van der Waals surface area contributed by atoms with Gasteiger partial charge in [0.1, 0.15) is 5.82 Å². The average Bonchev–Trinajstić information content (AvgIpc) is 3.16. The van der Waals surface area contributed by atoms with E-state index in [1.807, 2.05) is 32.9 Å². The Bertz CT molecular complexity index is 1220. The summed E-state index contributed by atoms with van der Waals surface area (Å²) in [6, 6.07) is 12.0. The Hall–Kier alpha value is -3.35. The molecule has 0 amide bonds. The van der Waals surface area contributed by atoms with Gasteiger partial charge in [0, 0.05) is 17.2 Å². The van der Waals surface area contributed by atoms with Crippen LogP contribution in [-0.4, -0.2) is 20.3 Å². The molecule has 0 saturated carbocycles. The molecule has 0 aliphatic heterocycles. The van der Waals surface area contributed by atoms with E-state index in [1.54, 1.807) is 24.3 Å². The van der Waals surface area contributed by atoms with Gasteiger partial charge in [0.25, 0.3) is 11.4 Å². The average molecular weight is 378 g/mol. The van der Waals surface area contributed by atoms with Gasteiger partial charge in [-0.3, -0.25) is 4.79 Å². The van der Waals surface area contributed by atoms with Gasteiger partial charge in [-0.05, 0) is 23.8 Å². The number of H-pyrrole nitrogens is 1. The quantitative estimate of drug-likeness (QED) is 0.582. The summed E-state index contributed by atoms with van der Waals surface area (Å²) in [5, 5.41) is 12.0. The number of hydrogen-bond acceptors (Lipinski definition) is 5. The highest BCUT2D eigenvalue weighted by atomic mass is 19.1. The van der Waals surface area contributed by atoms with Crippen molar-refractivity contribution in [2.24, 2.45) is 0 Å². The van der Waals surface area contributed by atoms with Crippen molar-refractivity contribution in [3.8, 4) is 11.5 Å². The first kappa shape index (κ1) is 18.0. The Kier molecular flexibility index (Phi) is 4.30. The summed E-state index contributed by atoms with van der Waals surface area (Å²) in [4.78, 5) is 16.3. The Morgan fingerprint density at radius 3 is 2.57 bits per heavy atom. The maximum atomic E-state index is 14.4. The van der Waals surface area contributed by atoms with Crippen LogP contribution >= 0.6 is 0 Å². The fourth-order valence-electron chi connectivity index (χ4n) is 2.98. The summed E-state index contributed by atoms with van der Waals surface area (Å²) in [7, 11) is 0. The molecule has 2 aromatic heterocycles. The van der Waals surface area contributed by atoms with Crippen LogP contribution in [0, 0.1) is 5.82 Å². The van der Waals surface area contributed by atoms with Gasteiger partial charge in [0.2, 0.25) is 0 Å². The zero-order valence-electron chi connectivity index (χ0n) is 15.8. The minimum absolute atomic E-state index is 0.142. The Labute approximate surface area is 160 Å². The van der Waals surface area contributed by atoms with Gasteiger partial charge in [-0.1, -0.05) is 50.2 Å². The fourth-order valence-corrected chi connectivity index (χ4v) is 2.98. The summed E-state index contributed by atoms with van der Waals surface area (Å²) in [6.45, 7) is 5.88. The molecular weight excluding hydrogens is 359 g/mol. The van der Waals surface area contributed by atoms with Gasteiger partial charge in [-0.2, -0.15) is 10.1 Å². The van der Waals surface area contributed by atoms with Crippen LogP contribution in [0.5, 0.6) is 0 Å². The Morgan fingerprint density at radius 2 is 1.86 bits per heavy atom. The lowest BCUT2D eigenvalue weighted by Gasteiger charge is -2.11. The second-order valence-electron chi connectivity index (χ2n) is 7.71. The SMILES string of the molecule is CC(C)(C)c1noc(-c2cc(Cc3n[nH]c(=O)c4ccccc34)ccc2F)n1. The van der Waals surface area contributed by atoms with Crippen molar-refractivity contribution in [3.05, 3.63) is 75.7 Å². The van der Waals surface area contributed by atoms with Crippen molar-refractivity contribution in [3.63, 3.8) is 0 Å². The lowest BCUT2D eigenvalue weighted by atomic mass is 9.96. The zero-order valence-corrected chi connectivity index (χ0v) is 15.8. The van der Waals surface area contributed by atoms with Gasteiger partial charge in [-0.15, -0.1) is 0 Å². The maximum Gasteiger partial charge on any atom is 0.272 e. The highest BCUT2D eigenvalue weighted by Crippen LogP contribution is 2.27. The molecule has 0 spiro atoms. The molecule has 0 aliphatic carbocycles. The summed E-state index contributed by atoms with van der Waals surface area (Å²) >= 11 is 0. The molecular formula is C21H19FN4O2. The van der Waals surface area contributed by atoms with Gasteiger partial charge in [-0.25, -0.2) is 9.49 Å². The molecule has 6 nitrogen and oxygen atoms in total. The van der Waals surface area contributed by atoms with E-state index < -0.39 is 5.82 Å². The molecule has 0 aliphatic rings. The second-order valence-corrected chi connectivity index (χ2v) is 7.71. The van der Waals surface area contributed by atoms with E-state index in [2.05, 4.69) is 20.3 Å². The van der Waals surface area contributed by atoms with E-state index in [4.69, 9.17) is 4.52 Å². The van der Waals surface area contributed by atoms with Crippen molar-refractivity contribution in [2.45, 2.75) is 32.6 Å². The molecule has 7 heteroatoms. The number of nitrogens with one attached hydrogen (secondary N) is 1. The van der Waals surface area contributed by atoms with Crippen molar-refractivity contribution < 1.29 is 8.91 Å². The summed E-state index contributed by atoms with van der Waals surface area (Å²) < 4.78 is 19.7. The van der Waals surface area contributed by atoms with Crippen molar-refractivity contribution >= 4 is 10.8 Å². The number of nitrogens with zero attached hydrogens (tertiary/aromatic N) is 3. The third-order valence-corrected chi connectivity index (χ3v) is 4.50. The molecule has 28 heavy (non-hydrogen) atoms. The Morgan fingerprint density at radius 1 is 1.11 bits per heavy atom. The molecule has 0 fully saturated rings. The summed E-state index contributed by atoms with van der Waals surface area (Å²) in [5.74, 6) is 0.219. The highest BCUT2D eigenvalue weighted by molar-refractivity contribution is 5.83. The molecule has 2 aromatic carbocycles. The zero-order chi connectivity index (χ0) is 19.9. The van der Waals surface area contributed by atoms with E-state index >= 15 is 0 Å². The van der Waals surface area contributed by atoms with Crippen molar-refractivity contribution in [1.82, 2.24) is 20.3 Å². The van der Waals surface area contributed by atoms with Crippen LogP contribution in [0.4, 0.5) is 4.39 Å². The van der Waals surface area contributed by atoms with E-state index in [1.165, 1.54) is 6.07 Å². The molecule has 0 saturated heterocycles. The van der Waals surface area contributed by atoms with E-state index in [-0.39, 0.29) is 22.4 Å². The summed E-state index contributed by atoms with van der Waals surface area (Å²) in [6.07, 6.45) is 0.421. The molecule has 0 bridgehead atoms. The van der Waals surface area contributed by atoms with Crippen LogP contribution < -0.4 is 5.56 Å². The van der Waals surface area contributed by atoms with Gasteiger partial charge in [0.05, 0.1) is 16.6 Å². The number of aromatic nitrogens is 4. The largest absolute Gasteiger partial charge is 0.334 e. The van der Waals surface area contributed by atoms with Gasteiger partial charge in [0.15, 0.2) is 5.82 Å². The lowest BCUT2D eigenvalue weighted by molar-refractivity contribution is 0.401. The number of halogens is 1. The minimum Gasteiger partial charge on any atom is -0.334 e.